The summed E-state index contributed by atoms with van der Waals surface area (Å²) in [5, 5.41) is 2.83. The van der Waals surface area contributed by atoms with E-state index in [9.17, 15) is 4.79 Å². The first-order valence-electron chi connectivity index (χ1n) is 11.3. The molecule has 3 aliphatic heterocycles. The van der Waals surface area contributed by atoms with Gasteiger partial charge in [-0.15, -0.1) is 0 Å². The van der Waals surface area contributed by atoms with E-state index in [2.05, 4.69) is 45.1 Å². The summed E-state index contributed by atoms with van der Waals surface area (Å²) in [6.45, 7) is 3.90. The summed E-state index contributed by atoms with van der Waals surface area (Å²) in [6.07, 6.45) is 6.71. The predicted molar refractivity (Wildman–Crippen MR) is 120 cm³/mol. The van der Waals surface area contributed by atoms with Crippen LogP contribution in [0, 0.1) is 0 Å². The number of rotatable bonds is 3. The fourth-order valence-electron chi connectivity index (χ4n) is 5.59. The molecule has 2 bridgehead atoms. The molecule has 2 atom stereocenters. The Hall–Kier alpha value is -2.66. The highest BCUT2D eigenvalue weighted by Gasteiger charge is 2.39. The van der Waals surface area contributed by atoms with Crippen LogP contribution in [0.2, 0.25) is 0 Å². The van der Waals surface area contributed by atoms with Gasteiger partial charge in [0.05, 0.1) is 11.0 Å². The lowest BCUT2D eigenvalue weighted by Crippen LogP contribution is -2.42. The minimum absolute atomic E-state index is 0.0471. The van der Waals surface area contributed by atoms with Gasteiger partial charge in [-0.3, -0.25) is 9.69 Å². The van der Waals surface area contributed by atoms with E-state index in [-0.39, 0.29) is 5.91 Å². The molecule has 1 aromatic heterocycles. The van der Waals surface area contributed by atoms with Crippen LogP contribution in [0.15, 0.2) is 42.5 Å². The molecule has 1 aliphatic carbocycles. The maximum Gasteiger partial charge on any atom is 0.221 e. The number of aromatic nitrogens is 2. The second-order valence-electron chi connectivity index (χ2n) is 9.27. The number of amides is 1. The Labute approximate surface area is 177 Å². The summed E-state index contributed by atoms with van der Waals surface area (Å²) >= 11 is 0. The van der Waals surface area contributed by atoms with E-state index in [0.29, 0.717) is 12.0 Å². The van der Waals surface area contributed by atoms with Crippen molar-refractivity contribution in [2.24, 2.45) is 0 Å². The molecule has 0 spiro atoms. The topological polar surface area (TPSA) is 50.2 Å². The lowest BCUT2D eigenvalue weighted by Gasteiger charge is -2.37. The molecule has 7 rings (SSSR count). The van der Waals surface area contributed by atoms with Gasteiger partial charge in [0.15, 0.2) is 0 Å². The van der Waals surface area contributed by atoms with Gasteiger partial charge in [0.25, 0.3) is 0 Å². The summed E-state index contributed by atoms with van der Waals surface area (Å²) in [4.78, 5) is 19.2. The van der Waals surface area contributed by atoms with Gasteiger partial charge >= 0.3 is 0 Å². The first-order valence-corrected chi connectivity index (χ1v) is 11.3. The third-order valence-corrected chi connectivity index (χ3v) is 7.33. The Kier molecular flexibility index (Phi) is 4.20. The minimum Gasteiger partial charge on any atom is -0.326 e. The van der Waals surface area contributed by atoms with Crippen LogP contribution in [0.1, 0.15) is 56.8 Å². The molecule has 2 aromatic carbocycles. The van der Waals surface area contributed by atoms with Crippen LogP contribution in [0.5, 0.6) is 0 Å². The molecule has 1 saturated carbocycles. The van der Waals surface area contributed by atoms with Crippen molar-refractivity contribution in [3.8, 4) is 11.1 Å². The van der Waals surface area contributed by atoms with Crippen molar-refractivity contribution in [3.05, 3.63) is 48.3 Å². The second-order valence-corrected chi connectivity index (χ2v) is 9.27. The highest BCUT2D eigenvalue weighted by molar-refractivity contribution is 5.89. The molecule has 1 saturated heterocycles. The maximum atomic E-state index is 11.2. The Morgan fingerprint density at radius 1 is 0.967 bits per heavy atom. The number of nitrogens with zero attached hydrogens (tertiary/aromatic N) is 3. The highest BCUT2D eigenvalue weighted by Crippen LogP contribution is 2.43. The zero-order chi connectivity index (χ0) is 20.2. The first-order chi connectivity index (χ1) is 14.7. The van der Waals surface area contributed by atoms with Gasteiger partial charge in [-0.05, 0) is 61.1 Å². The maximum absolute atomic E-state index is 11.2. The fourth-order valence-corrected chi connectivity index (χ4v) is 5.59. The molecule has 0 radical (unpaired) electrons. The summed E-state index contributed by atoms with van der Waals surface area (Å²) < 4.78 is 2.56. The van der Waals surface area contributed by atoms with Crippen molar-refractivity contribution < 1.29 is 4.79 Å². The summed E-state index contributed by atoms with van der Waals surface area (Å²) in [6, 6.07) is 16.1. The standard InChI is InChI=1S/C25H28N4O/c1-16(30)26-20-9-5-17(6-10-20)18-8-12-24-23(13-18)27-25-19-7-11-22(29(24)25)15-28(14-19)21-3-2-4-21/h5-6,8-10,12-13,19,21-22H,2-4,7,11,14-15H2,1H3,(H,26,30). The Morgan fingerprint density at radius 2 is 1.77 bits per heavy atom. The lowest BCUT2D eigenvalue weighted by atomic mass is 9.91. The van der Waals surface area contributed by atoms with Crippen LogP contribution in [0.3, 0.4) is 0 Å². The molecule has 1 amide bonds. The monoisotopic (exact) mass is 400 g/mol. The van der Waals surface area contributed by atoms with E-state index in [4.69, 9.17) is 4.98 Å². The van der Waals surface area contributed by atoms with Crippen LogP contribution < -0.4 is 5.32 Å². The number of nitrogens with one attached hydrogen (secondary N) is 1. The number of hydrogen-bond acceptors (Lipinski definition) is 3. The van der Waals surface area contributed by atoms with Crippen LogP contribution in [-0.4, -0.2) is 39.5 Å². The zero-order valence-corrected chi connectivity index (χ0v) is 17.5. The van der Waals surface area contributed by atoms with E-state index < -0.39 is 0 Å². The van der Waals surface area contributed by atoms with Crippen molar-refractivity contribution in [2.75, 3.05) is 18.4 Å². The molecule has 5 nitrogen and oxygen atoms in total. The van der Waals surface area contributed by atoms with Crippen molar-refractivity contribution in [1.82, 2.24) is 14.5 Å². The summed E-state index contributed by atoms with van der Waals surface area (Å²) in [5.74, 6) is 1.83. The molecule has 2 unspecified atom stereocenters. The number of imidazole rings is 1. The second kappa shape index (κ2) is 6.95. The van der Waals surface area contributed by atoms with Gasteiger partial charge in [-0.25, -0.2) is 4.98 Å². The third kappa shape index (κ3) is 2.95. The fraction of sp³-hybridized carbons (Fsp3) is 0.440. The van der Waals surface area contributed by atoms with E-state index in [1.165, 1.54) is 69.0 Å². The molecule has 1 N–H and O–H groups in total. The average Bonchev–Trinajstić information content (AvgIpc) is 2.87. The molecular formula is C25H28N4O. The number of carbonyl (C=O) groups is 1. The molecule has 4 heterocycles. The van der Waals surface area contributed by atoms with Gasteiger partial charge in [0.2, 0.25) is 5.91 Å². The number of carbonyl (C=O) groups excluding carboxylic acids is 1. The predicted octanol–water partition coefficient (Wildman–Crippen LogP) is 4.95. The number of benzene rings is 2. The van der Waals surface area contributed by atoms with Crippen molar-refractivity contribution in [1.29, 1.82) is 0 Å². The minimum atomic E-state index is -0.0471. The SMILES string of the molecule is CC(=O)Nc1ccc(-c2ccc3c(c2)nc2n3C3CCC2CN(C2CCC2)C3)cc1. The lowest BCUT2D eigenvalue weighted by molar-refractivity contribution is -0.114. The zero-order valence-electron chi connectivity index (χ0n) is 17.5. The van der Waals surface area contributed by atoms with Gasteiger partial charge in [0, 0.05) is 43.7 Å². The molecule has 3 aromatic rings. The smallest absolute Gasteiger partial charge is 0.221 e. The van der Waals surface area contributed by atoms with Gasteiger partial charge < -0.3 is 9.88 Å². The number of fused-ring (bicyclic) bond motifs is 4. The highest BCUT2D eigenvalue weighted by atomic mass is 16.1. The quantitative estimate of drug-likeness (QED) is 0.677. The summed E-state index contributed by atoms with van der Waals surface area (Å²) in [7, 11) is 0. The first kappa shape index (κ1) is 18.1. The normalized spacial score (nSPS) is 23.8. The molecule has 30 heavy (non-hydrogen) atoms. The van der Waals surface area contributed by atoms with Gasteiger partial charge in [0.1, 0.15) is 5.82 Å². The Balaban J connectivity index is 1.33. The van der Waals surface area contributed by atoms with E-state index in [1.807, 2.05) is 12.1 Å². The van der Waals surface area contributed by atoms with Crippen molar-refractivity contribution in [2.45, 2.75) is 57.0 Å². The van der Waals surface area contributed by atoms with Crippen LogP contribution in [0.4, 0.5) is 5.69 Å². The summed E-state index contributed by atoms with van der Waals surface area (Å²) in [5.41, 5.74) is 5.55. The molecule has 4 aliphatic rings. The Morgan fingerprint density at radius 3 is 2.50 bits per heavy atom. The van der Waals surface area contributed by atoms with Crippen molar-refractivity contribution in [3.63, 3.8) is 0 Å². The average molecular weight is 401 g/mol. The van der Waals surface area contributed by atoms with Crippen LogP contribution in [-0.2, 0) is 4.79 Å². The molecule has 154 valence electrons. The van der Waals surface area contributed by atoms with E-state index in [1.54, 1.807) is 0 Å². The van der Waals surface area contributed by atoms with E-state index >= 15 is 0 Å². The van der Waals surface area contributed by atoms with Gasteiger partial charge in [-0.1, -0.05) is 24.6 Å². The van der Waals surface area contributed by atoms with E-state index in [0.717, 1.165) is 22.8 Å². The molecule has 2 fully saturated rings. The van der Waals surface area contributed by atoms with Crippen molar-refractivity contribution >= 4 is 22.6 Å². The largest absolute Gasteiger partial charge is 0.326 e. The number of hydrogen-bond donors (Lipinski definition) is 1. The number of anilines is 1. The Bertz CT molecular complexity index is 1110. The third-order valence-electron chi connectivity index (χ3n) is 7.33. The van der Waals surface area contributed by atoms with Gasteiger partial charge in [-0.2, -0.15) is 0 Å². The van der Waals surface area contributed by atoms with Crippen LogP contribution in [0.25, 0.3) is 22.2 Å². The van der Waals surface area contributed by atoms with Crippen LogP contribution >= 0.6 is 0 Å². The molecular weight excluding hydrogens is 372 g/mol. The molecule has 5 heteroatoms.